The molecule has 0 fully saturated rings. The monoisotopic (exact) mass is 493 g/mol. The first-order chi connectivity index (χ1) is 16.3. The number of ether oxygens (including phenoxy) is 1. The Labute approximate surface area is 202 Å². The van der Waals surface area contributed by atoms with Gasteiger partial charge in [-0.05, 0) is 24.3 Å². The van der Waals surface area contributed by atoms with E-state index in [9.17, 15) is 13.2 Å². The molecule has 0 aliphatic rings. The molecule has 0 aliphatic carbocycles. The van der Waals surface area contributed by atoms with Crippen LogP contribution in [0.1, 0.15) is 11.7 Å². The maximum Gasteiger partial charge on any atom is 0.271 e. The van der Waals surface area contributed by atoms with E-state index in [2.05, 4.69) is 10.3 Å². The minimum Gasteiger partial charge on any atom is -0.476 e. The largest absolute Gasteiger partial charge is 0.476 e. The Balaban J connectivity index is 1.52. The number of rotatable bonds is 8. The van der Waals surface area contributed by atoms with Crippen molar-refractivity contribution in [1.29, 1.82) is 0 Å². The van der Waals surface area contributed by atoms with Crippen molar-refractivity contribution in [2.24, 2.45) is 0 Å². The minimum absolute atomic E-state index is 0.203. The molecule has 34 heavy (non-hydrogen) atoms. The van der Waals surface area contributed by atoms with Crippen LogP contribution in [0.2, 0.25) is 0 Å². The molecule has 0 bridgehead atoms. The molecule has 0 saturated carbocycles. The molecule has 4 rings (SSSR count). The van der Waals surface area contributed by atoms with Crippen LogP contribution in [-0.2, 0) is 14.8 Å². The summed E-state index contributed by atoms with van der Waals surface area (Å²) in [4.78, 5) is 17.8. The number of aromatic nitrogens is 1. The Morgan fingerprint density at radius 2 is 1.56 bits per heavy atom. The fourth-order valence-corrected chi connectivity index (χ4v) is 4.80. The van der Waals surface area contributed by atoms with E-state index in [-0.39, 0.29) is 10.8 Å². The summed E-state index contributed by atoms with van der Waals surface area (Å²) in [6.45, 7) is 0. The molecule has 9 heteroatoms. The number of hydrogen-bond acceptors (Lipinski definition) is 6. The van der Waals surface area contributed by atoms with Gasteiger partial charge in [-0.15, -0.1) is 11.3 Å². The van der Waals surface area contributed by atoms with Gasteiger partial charge in [0.25, 0.3) is 5.91 Å². The number of benzene rings is 3. The highest BCUT2D eigenvalue weighted by Gasteiger charge is 2.24. The van der Waals surface area contributed by atoms with Gasteiger partial charge in [-0.2, -0.15) is 0 Å². The molecule has 1 unspecified atom stereocenters. The van der Waals surface area contributed by atoms with Gasteiger partial charge >= 0.3 is 0 Å². The number of nitrogens with zero attached hydrogens (tertiary/aromatic N) is 2. The van der Waals surface area contributed by atoms with E-state index in [0.717, 1.165) is 11.1 Å². The Morgan fingerprint density at radius 3 is 2.18 bits per heavy atom. The second-order valence-corrected chi connectivity index (χ2v) is 10.6. The number of para-hydroxylation sites is 1. The highest BCUT2D eigenvalue weighted by Crippen LogP contribution is 2.28. The average molecular weight is 494 g/mol. The number of carbonyl (C=O) groups excluding carboxylic acids is 1. The van der Waals surface area contributed by atoms with Crippen LogP contribution < -0.4 is 10.1 Å². The van der Waals surface area contributed by atoms with Gasteiger partial charge in [0.2, 0.25) is 16.1 Å². The van der Waals surface area contributed by atoms with E-state index in [1.165, 1.54) is 29.7 Å². The fourth-order valence-electron chi connectivity index (χ4n) is 3.18. The van der Waals surface area contributed by atoms with Crippen molar-refractivity contribution in [2.45, 2.75) is 11.0 Å². The number of thiazole rings is 1. The van der Waals surface area contributed by atoms with Gasteiger partial charge in [0, 0.05) is 30.6 Å². The lowest BCUT2D eigenvalue weighted by Gasteiger charge is -2.18. The van der Waals surface area contributed by atoms with Gasteiger partial charge in [0.1, 0.15) is 5.75 Å². The van der Waals surface area contributed by atoms with Gasteiger partial charge in [0.05, 0.1) is 10.6 Å². The summed E-state index contributed by atoms with van der Waals surface area (Å²) >= 11 is 1.28. The van der Waals surface area contributed by atoms with Gasteiger partial charge < -0.3 is 4.74 Å². The number of hydrogen-bond donors (Lipinski definition) is 1. The normalized spacial score (nSPS) is 12.3. The van der Waals surface area contributed by atoms with E-state index in [4.69, 9.17) is 4.74 Å². The number of sulfonamides is 1. The third kappa shape index (κ3) is 5.33. The predicted octanol–water partition coefficient (Wildman–Crippen LogP) is 4.82. The first-order valence-electron chi connectivity index (χ1n) is 10.4. The lowest BCUT2D eigenvalue weighted by Crippen LogP contribution is -2.25. The Hall–Kier alpha value is -3.53. The van der Waals surface area contributed by atoms with E-state index in [1.54, 1.807) is 41.8 Å². The van der Waals surface area contributed by atoms with Crippen LogP contribution in [0.4, 0.5) is 5.13 Å². The van der Waals surface area contributed by atoms with E-state index < -0.39 is 16.1 Å². The maximum atomic E-state index is 13.1. The quantitative estimate of drug-likeness (QED) is 0.380. The second kappa shape index (κ2) is 10.2. The Morgan fingerprint density at radius 1 is 0.941 bits per heavy atom. The highest BCUT2D eigenvalue weighted by atomic mass is 32.2. The average Bonchev–Trinajstić information content (AvgIpc) is 3.32. The third-order valence-electron chi connectivity index (χ3n) is 5.00. The molecule has 0 saturated heterocycles. The molecule has 3 aromatic carbocycles. The Bertz CT molecular complexity index is 1350. The standard InChI is InChI=1S/C25H23N3O4S2/c1-28(2)34(30,31)21-15-13-18(14-16-21)22-17-33-25(26-22)27-24(29)23(19-9-5-3-6-10-19)32-20-11-7-4-8-12-20/h3-17,23H,1-2H3,(H,26,27,29). The van der Waals surface area contributed by atoms with Crippen molar-refractivity contribution in [3.63, 3.8) is 0 Å². The van der Waals surface area contributed by atoms with Crippen molar-refractivity contribution in [2.75, 3.05) is 19.4 Å². The van der Waals surface area contributed by atoms with E-state index >= 15 is 0 Å². The topological polar surface area (TPSA) is 88.6 Å². The summed E-state index contributed by atoms with van der Waals surface area (Å²) in [7, 11) is -0.526. The first kappa shape index (κ1) is 23.6. The third-order valence-corrected chi connectivity index (χ3v) is 7.59. The minimum atomic E-state index is -3.50. The van der Waals surface area contributed by atoms with Gasteiger partial charge in [-0.3, -0.25) is 10.1 Å². The van der Waals surface area contributed by atoms with Crippen LogP contribution in [0.25, 0.3) is 11.3 Å². The summed E-state index contributed by atoms with van der Waals surface area (Å²) < 4.78 is 31.7. The zero-order valence-corrected chi connectivity index (χ0v) is 20.2. The van der Waals surface area contributed by atoms with E-state index in [1.807, 2.05) is 48.5 Å². The molecular weight excluding hydrogens is 470 g/mol. The van der Waals surface area contributed by atoms with Gasteiger partial charge in [0.15, 0.2) is 5.13 Å². The molecule has 1 amide bonds. The van der Waals surface area contributed by atoms with Crippen molar-refractivity contribution in [3.8, 4) is 17.0 Å². The van der Waals surface area contributed by atoms with Crippen LogP contribution in [0, 0.1) is 0 Å². The van der Waals surface area contributed by atoms with Crippen molar-refractivity contribution in [3.05, 3.63) is 95.9 Å². The van der Waals surface area contributed by atoms with Crippen molar-refractivity contribution < 1.29 is 17.9 Å². The predicted molar refractivity (Wildman–Crippen MR) is 133 cm³/mol. The van der Waals surface area contributed by atoms with Crippen molar-refractivity contribution in [1.82, 2.24) is 9.29 Å². The second-order valence-electron chi connectivity index (χ2n) is 7.56. The molecule has 1 atom stereocenters. The maximum absolute atomic E-state index is 13.1. The molecule has 0 aliphatic heterocycles. The lowest BCUT2D eigenvalue weighted by atomic mass is 10.1. The number of amides is 1. The molecule has 4 aromatic rings. The molecule has 7 nitrogen and oxygen atoms in total. The number of carbonyl (C=O) groups is 1. The van der Waals surface area contributed by atoms with Gasteiger partial charge in [-0.25, -0.2) is 17.7 Å². The summed E-state index contributed by atoms with van der Waals surface area (Å²) in [5.41, 5.74) is 2.10. The SMILES string of the molecule is CN(C)S(=O)(=O)c1ccc(-c2csc(NC(=O)C(Oc3ccccc3)c3ccccc3)n2)cc1. The van der Waals surface area contributed by atoms with Crippen LogP contribution in [0.15, 0.2) is 95.2 Å². The molecule has 1 heterocycles. The first-order valence-corrected chi connectivity index (χ1v) is 12.7. The summed E-state index contributed by atoms with van der Waals surface area (Å²) in [5.74, 6) is 0.238. The zero-order valence-electron chi connectivity index (χ0n) is 18.6. The smallest absolute Gasteiger partial charge is 0.271 e. The van der Waals surface area contributed by atoms with Crippen molar-refractivity contribution >= 4 is 32.4 Å². The molecular formula is C25H23N3O4S2. The van der Waals surface area contributed by atoms with Crippen LogP contribution >= 0.6 is 11.3 Å². The van der Waals surface area contributed by atoms with Gasteiger partial charge in [-0.1, -0.05) is 60.7 Å². The Kier molecular flexibility index (Phi) is 7.06. The molecule has 1 N–H and O–H groups in total. The summed E-state index contributed by atoms with van der Waals surface area (Å²) in [6.07, 6.45) is -0.855. The highest BCUT2D eigenvalue weighted by molar-refractivity contribution is 7.89. The molecule has 174 valence electrons. The number of nitrogens with one attached hydrogen (secondary N) is 1. The molecule has 0 spiro atoms. The fraction of sp³-hybridized carbons (Fsp3) is 0.120. The van der Waals surface area contributed by atoms with Crippen LogP contribution in [-0.4, -0.2) is 37.7 Å². The summed E-state index contributed by atoms with van der Waals surface area (Å²) in [6, 6.07) is 24.9. The molecule has 1 aromatic heterocycles. The molecule has 0 radical (unpaired) electrons. The van der Waals surface area contributed by atoms with Crippen LogP contribution in [0.3, 0.4) is 0 Å². The summed E-state index contributed by atoms with van der Waals surface area (Å²) in [5, 5.41) is 5.07. The lowest BCUT2D eigenvalue weighted by molar-refractivity contribution is -0.123. The van der Waals surface area contributed by atoms with Crippen LogP contribution in [0.5, 0.6) is 5.75 Å². The number of anilines is 1. The van der Waals surface area contributed by atoms with E-state index in [0.29, 0.717) is 16.6 Å². The zero-order chi connectivity index (χ0) is 24.1.